The molecule has 0 unspecified atom stereocenters. The summed E-state index contributed by atoms with van der Waals surface area (Å²) in [6.45, 7) is 0.514. The molecule has 0 bridgehead atoms. The first kappa shape index (κ1) is 17.5. The summed E-state index contributed by atoms with van der Waals surface area (Å²) in [7, 11) is 1.39. The van der Waals surface area contributed by atoms with Gasteiger partial charge in [0.15, 0.2) is 11.6 Å². The minimum Gasteiger partial charge on any atom is -0.494 e. The summed E-state index contributed by atoms with van der Waals surface area (Å²) in [5.74, 6) is -0.325. The predicted octanol–water partition coefficient (Wildman–Crippen LogP) is 2.76. The van der Waals surface area contributed by atoms with Crippen molar-refractivity contribution in [3.8, 4) is 5.75 Å². The normalized spacial score (nSPS) is 10.3. The van der Waals surface area contributed by atoms with E-state index < -0.39 is 10.7 Å². The summed E-state index contributed by atoms with van der Waals surface area (Å²) >= 11 is 0. The molecule has 128 valence electrons. The fourth-order valence-corrected chi connectivity index (χ4v) is 2.15. The summed E-state index contributed by atoms with van der Waals surface area (Å²) < 4.78 is 18.6. The van der Waals surface area contributed by atoms with Crippen molar-refractivity contribution in [3.05, 3.63) is 57.9 Å². The number of rotatable bonds is 8. The zero-order chi connectivity index (χ0) is 17.5. The van der Waals surface area contributed by atoms with Gasteiger partial charge >= 0.3 is 0 Å². The standard InChI is InChI=1S/C16H18FN3O4/c1-24-16-5-2-11(8-13(16)17)10-19-15-9-12(20(22)23)3-4-14(15)18-6-7-21/h2-5,8-9,18-19,21H,6-7,10H2,1H3. The highest BCUT2D eigenvalue weighted by molar-refractivity contribution is 5.72. The van der Waals surface area contributed by atoms with Gasteiger partial charge in [-0.3, -0.25) is 10.1 Å². The summed E-state index contributed by atoms with van der Waals surface area (Å²) in [6, 6.07) is 8.88. The van der Waals surface area contributed by atoms with Crippen LogP contribution in [0, 0.1) is 15.9 Å². The van der Waals surface area contributed by atoms with Crippen molar-refractivity contribution in [3.63, 3.8) is 0 Å². The van der Waals surface area contributed by atoms with Gasteiger partial charge < -0.3 is 20.5 Å². The number of hydrogen-bond donors (Lipinski definition) is 3. The third-order valence-electron chi connectivity index (χ3n) is 3.34. The number of nitro benzene ring substituents is 1. The second kappa shape index (κ2) is 8.11. The number of methoxy groups -OCH3 is 1. The van der Waals surface area contributed by atoms with Gasteiger partial charge in [-0.15, -0.1) is 0 Å². The van der Waals surface area contributed by atoms with Crippen molar-refractivity contribution in [2.45, 2.75) is 6.54 Å². The second-order valence-electron chi connectivity index (χ2n) is 4.96. The number of benzene rings is 2. The molecule has 0 saturated heterocycles. The van der Waals surface area contributed by atoms with Gasteiger partial charge in [0.2, 0.25) is 0 Å². The van der Waals surface area contributed by atoms with Crippen molar-refractivity contribution < 1.29 is 19.2 Å². The van der Waals surface area contributed by atoms with E-state index >= 15 is 0 Å². The van der Waals surface area contributed by atoms with E-state index in [1.807, 2.05) is 0 Å². The molecule has 0 aliphatic carbocycles. The fraction of sp³-hybridized carbons (Fsp3) is 0.250. The molecule has 0 aliphatic rings. The van der Waals surface area contributed by atoms with Gasteiger partial charge in [0.05, 0.1) is 30.0 Å². The summed E-state index contributed by atoms with van der Waals surface area (Å²) in [4.78, 5) is 10.4. The molecule has 3 N–H and O–H groups in total. The quantitative estimate of drug-likeness (QED) is 0.507. The van der Waals surface area contributed by atoms with Crippen LogP contribution >= 0.6 is 0 Å². The molecule has 24 heavy (non-hydrogen) atoms. The van der Waals surface area contributed by atoms with Crippen molar-refractivity contribution in [1.29, 1.82) is 0 Å². The van der Waals surface area contributed by atoms with E-state index in [1.54, 1.807) is 12.1 Å². The largest absolute Gasteiger partial charge is 0.494 e. The maximum Gasteiger partial charge on any atom is 0.271 e. The number of non-ortho nitro benzene ring substituents is 1. The van der Waals surface area contributed by atoms with Crippen LogP contribution in [0.15, 0.2) is 36.4 Å². The highest BCUT2D eigenvalue weighted by Crippen LogP contribution is 2.28. The van der Waals surface area contributed by atoms with Crippen LogP contribution in [0.3, 0.4) is 0 Å². The monoisotopic (exact) mass is 335 g/mol. The van der Waals surface area contributed by atoms with Gasteiger partial charge in [-0.2, -0.15) is 0 Å². The molecule has 8 heteroatoms. The molecule has 0 aliphatic heterocycles. The molecule has 2 aromatic carbocycles. The number of nitro groups is 1. The minimum absolute atomic E-state index is 0.0621. The van der Waals surface area contributed by atoms with E-state index in [-0.39, 0.29) is 24.6 Å². The Morgan fingerprint density at radius 2 is 2.00 bits per heavy atom. The Hall–Kier alpha value is -2.87. The molecule has 0 heterocycles. The van der Waals surface area contributed by atoms with E-state index in [1.165, 1.54) is 31.4 Å². The van der Waals surface area contributed by atoms with E-state index in [4.69, 9.17) is 9.84 Å². The van der Waals surface area contributed by atoms with Crippen LogP contribution in [0.5, 0.6) is 5.75 Å². The Morgan fingerprint density at radius 3 is 2.62 bits per heavy atom. The lowest BCUT2D eigenvalue weighted by atomic mass is 10.2. The van der Waals surface area contributed by atoms with Crippen LogP contribution in [0.25, 0.3) is 0 Å². The first-order valence-electron chi connectivity index (χ1n) is 7.24. The Kier molecular flexibility index (Phi) is 5.91. The number of anilines is 2. The smallest absolute Gasteiger partial charge is 0.271 e. The number of hydrogen-bond acceptors (Lipinski definition) is 6. The van der Waals surface area contributed by atoms with Crippen molar-refractivity contribution in [2.24, 2.45) is 0 Å². The predicted molar refractivity (Wildman–Crippen MR) is 89.0 cm³/mol. The lowest BCUT2D eigenvalue weighted by Crippen LogP contribution is -2.09. The molecule has 0 spiro atoms. The third-order valence-corrected chi connectivity index (χ3v) is 3.34. The highest BCUT2D eigenvalue weighted by atomic mass is 19.1. The Morgan fingerprint density at radius 1 is 1.21 bits per heavy atom. The Balaban J connectivity index is 2.18. The maximum absolute atomic E-state index is 13.7. The molecule has 2 rings (SSSR count). The third kappa shape index (κ3) is 4.32. The number of ether oxygens (including phenoxy) is 1. The van der Waals surface area contributed by atoms with Gasteiger partial charge in [0.1, 0.15) is 0 Å². The summed E-state index contributed by atoms with van der Waals surface area (Å²) in [6.07, 6.45) is 0. The zero-order valence-electron chi connectivity index (χ0n) is 13.1. The highest BCUT2D eigenvalue weighted by Gasteiger charge is 2.11. The molecule has 0 aromatic heterocycles. The number of aliphatic hydroxyl groups excluding tert-OH is 1. The van der Waals surface area contributed by atoms with Crippen molar-refractivity contribution >= 4 is 17.1 Å². The van der Waals surface area contributed by atoms with Crippen LogP contribution < -0.4 is 15.4 Å². The molecule has 0 amide bonds. The van der Waals surface area contributed by atoms with Gasteiger partial charge in [0.25, 0.3) is 5.69 Å². The summed E-state index contributed by atoms with van der Waals surface area (Å²) in [5.41, 5.74) is 1.71. The number of nitrogens with zero attached hydrogens (tertiary/aromatic N) is 1. The van der Waals surface area contributed by atoms with Gasteiger partial charge in [-0.25, -0.2) is 4.39 Å². The van der Waals surface area contributed by atoms with E-state index in [0.717, 1.165) is 0 Å². The number of nitrogens with one attached hydrogen (secondary N) is 2. The van der Waals surface area contributed by atoms with Crippen molar-refractivity contribution in [2.75, 3.05) is 30.9 Å². The molecule has 2 aromatic rings. The molecule has 0 fully saturated rings. The topological polar surface area (TPSA) is 96.7 Å². The van der Waals surface area contributed by atoms with Gasteiger partial charge in [0, 0.05) is 25.2 Å². The van der Waals surface area contributed by atoms with Crippen LogP contribution in [0.4, 0.5) is 21.5 Å². The number of halogens is 1. The maximum atomic E-state index is 13.7. The fourth-order valence-electron chi connectivity index (χ4n) is 2.15. The average Bonchev–Trinajstić information content (AvgIpc) is 2.58. The Labute approximate surface area is 138 Å². The van der Waals surface area contributed by atoms with Crippen LogP contribution in [0.2, 0.25) is 0 Å². The minimum atomic E-state index is -0.492. The Bertz CT molecular complexity index is 724. The lowest BCUT2D eigenvalue weighted by Gasteiger charge is -2.14. The van der Waals surface area contributed by atoms with E-state index in [9.17, 15) is 14.5 Å². The molecule has 0 radical (unpaired) electrons. The first-order chi connectivity index (χ1) is 11.5. The summed E-state index contributed by atoms with van der Waals surface area (Å²) in [5, 5.41) is 25.8. The lowest BCUT2D eigenvalue weighted by molar-refractivity contribution is -0.384. The average molecular weight is 335 g/mol. The SMILES string of the molecule is COc1ccc(CNc2cc([N+](=O)[O-])ccc2NCCO)cc1F. The number of aliphatic hydroxyl groups is 1. The first-order valence-corrected chi connectivity index (χ1v) is 7.24. The van der Waals surface area contributed by atoms with Gasteiger partial charge in [-0.05, 0) is 23.8 Å². The molecular weight excluding hydrogens is 317 g/mol. The van der Waals surface area contributed by atoms with E-state index in [0.29, 0.717) is 23.5 Å². The zero-order valence-corrected chi connectivity index (χ0v) is 13.1. The van der Waals surface area contributed by atoms with Crippen LogP contribution in [-0.2, 0) is 6.54 Å². The van der Waals surface area contributed by atoms with Crippen LogP contribution in [0.1, 0.15) is 5.56 Å². The van der Waals surface area contributed by atoms with Crippen molar-refractivity contribution in [1.82, 2.24) is 0 Å². The van der Waals surface area contributed by atoms with Crippen LogP contribution in [-0.4, -0.2) is 30.3 Å². The molecule has 0 atom stereocenters. The molecule has 0 saturated carbocycles. The molecule has 7 nitrogen and oxygen atoms in total. The van der Waals surface area contributed by atoms with Gasteiger partial charge in [-0.1, -0.05) is 6.07 Å². The second-order valence-corrected chi connectivity index (χ2v) is 4.96. The van der Waals surface area contributed by atoms with E-state index in [2.05, 4.69) is 10.6 Å². The molecular formula is C16H18FN3O4.